The summed E-state index contributed by atoms with van der Waals surface area (Å²) in [6, 6.07) is 0. The number of rotatable bonds is 1. The molecule has 2 rings (SSSR count). The van der Waals surface area contributed by atoms with Gasteiger partial charge < -0.3 is 9.32 Å². The van der Waals surface area contributed by atoms with Crippen LogP contribution in [0, 0.1) is 0 Å². The average molecular weight is 198 g/mol. The van der Waals surface area contributed by atoms with Crippen molar-refractivity contribution in [2.45, 2.75) is 0 Å². The maximum absolute atomic E-state index is 11.7. The zero-order valence-corrected chi connectivity index (χ0v) is 7.92. The fourth-order valence-electron chi connectivity index (χ4n) is 1.25. The van der Waals surface area contributed by atoms with E-state index < -0.39 is 0 Å². The molecule has 0 spiro atoms. The van der Waals surface area contributed by atoms with Crippen LogP contribution in [0.1, 0.15) is 10.5 Å². The molecule has 5 heteroatoms. The smallest absolute Gasteiger partial charge is 0.275 e. The Hall–Kier alpha value is -0.970. The minimum Gasteiger partial charge on any atom is -0.451 e. The van der Waals surface area contributed by atoms with Crippen molar-refractivity contribution in [1.82, 2.24) is 9.88 Å². The minimum atomic E-state index is -0.0194. The van der Waals surface area contributed by atoms with Crippen LogP contribution in [0.4, 0.5) is 0 Å². The fraction of sp³-hybridized carbons (Fsp3) is 0.500. The SMILES string of the molecule is O=C(c1cocn1)N1CCSCC1. The molecule has 1 aliphatic rings. The molecule has 4 nitrogen and oxygen atoms in total. The van der Waals surface area contributed by atoms with Gasteiger partial charge in [-0.1, -0.05) is 0 Å². The third-order valence-electron chi connectivity index (χ3n) is 1.95. The second-order valence-corrected chi connectivity index (χ2v) is 4.00. The number of carbonyl (C=O) groups is 1. The maximum Gasteiger partial charge on any atom is 0.275 e. The van der Waals surface area contributed by atoms with Gasteiger partial charge in [0.1, 0.15) is 6.26 Å². The molecule has 0 atom stereocenters. The second-order valence-electron chi connectivity index (χ2n) is 2.78. The molecule has 1 aromatic heterocycles. The van der Waals surface area contributed by atoms with E-state index in [1.54, 1.807) is 0 Å². The van der Waals surface area contributed by atoms with Gasteiger partial charge in [0.2, 0.25) is 0 Å². The van der Waals surface area contributed by atoms with Crippen molar-refractivity contribution in [1.29, 1.82) is 0 Å². The molecule has 13 heavy (non-hydrogen) atoms. The number of carbonyl (C=O) groups excluding carboxylic acids is 1. The Kier molecular flexibility index (Phi) is 2.54. The Labute approximate surface area is 80.3 Å². The first kappa shape index (κ1) is 8.62. The molecular weight excluding hydrogens is 188 g/mol. The lowest BCUT2D eigenvalue weighted by Gasteiger charge is -2.25. The molecule has 0 N–H and O–H groups in total. The van der Waals surface area contributed by atoms with Crippen molar-refractivity contribution in [3.05, 3.63) is 18.4 Å². The molecule has 1 amide bonds. The van der Waals surface area contributed by atoms with Crippen molar-refractivity contribution < 1.29 is 9.21 Å². The van der Waals surface area contributed by atoms with Crippen LogP contribution in [0.25, 0.3) is 0 Å². The topological polar surface area (TPSA) is 46.3 Å². The fourth-order valence-corrected chi connectivity index (χ4v) is 2.15. The lowest BCUT2D eigenvalue weighted by atomic mass is 10.4. The summed E-state index contributed by atoms with van der Waals surface area (Å²) in [5.74, 6) is 2.02. The van der Waals surface area contributed by atoms with Crippen LogP contribution in [0.15, 0.2) is 17.1 Å². The van der Waals surface area contributed by atoms with E-state index in [0.717, 1.165) is 24.6 Å². The molecular formula is C8H10N2O2S. The Bertz CT molecular complexity index is 280. The third kappa shape index (κ3) is 1.85. The summed E-state index contributed by atoms with van der Waals surface area (Å²) in [5.41, 5.74) is 0.409. The Morgan fingerprint density at radius 2 is 2.31 bits per heavy atom. The van der Waals surface area contributed by atoms with Crippen LogP contribution in [-0.4, -0.2) is 40.4 Å². The van der Waals surface area contributed by atoms with Gasteiger partial charge >= 0.3 is 0 Å². The molecule has 1 aromatic rings. The van der Waals surface area contributed by atoms with Gasteiger partial charge in [-0.15, -0.1) is 0 Å². The van der Waals surface area contributed by atoms with Crippen molar-refractivity contribution in [2.24, 2.45) is 0 Å². The van der Waals surface area contributed by atoms with Crippen LogP contribution < -0.4 is 0 Å². The number of thioether (sulfide) groups is 1. The van der Waals surface area contributed by atoms with Gasteiger partial charge in [0.25, 0.3) is 5.91 Å². The highest BCUT2D eigenvalue weighted by Crippen LogP contribution is 2.11. The van der Waals surface area contributed by atoms with E-state index in [4.69, 9.17) is 4.42 Å². The average Bonchev–Trinajstić information content (AvgIpc) is 2.71. The van der Waals surface area contributed by atoms with Crippen LogP contribution >= 0.6 is 11.8 Å². The van der Waals surface area contributed by atoms with Gasteiger partial charge in [-0.3, -0.25) is 4.79 Å². The summed E-state index contributed by atoms with van der Waals surface area (Å²) in [4.78, 5) is 17.3. The second kappa shape index (κ2) is 3.83. The lowest BCUT2D eigenvalue weighted by Crippen LogP contribution is -2.38. The minimum absolute atomic E-state index is 0.0194. The molecule has 0 bridgehead atoms. The highest BCUT2D eigenvalue weighted by Gasteiger charge is 2.19. The van der Waals surface area contributed by atoms with E-state index in [-0.39, 0.29) is 5.91 Å². The van der Waals surface area contributed by atoms with Crippen LogP contribution in [0.3, 0.4) is 0 Å². The quantitative estimate of drug-likeness (QED) is 0.671. The van der Waals surface area contributed by atoms with Crippen LogP contribution in [-0.2, 0) is 0 Å². The third-order valence-corrected chi connectivity index (χ3v) is 2.89. The number of nitrogens with zero attached hydrogens (tertiary/aromatic N) is 2. The molecule has 1 aliphatic heterocycles. The lowest BCUT2D eigenvalue weighted by molar-refractivity contribution is 0.0766. The summed E-state index contributed by atoms with van der Waals surface area (Å²) in [7, 11) is 0. The molecule has 0 unspecified atom stereocenters. The zero-order chi connectivity index (χ0) is 9.10. The first-order chi connectivity index (χ1) is 6.38. The monoisotopic (exact) mass is 198 g/mol. The molecule has 0 aliphatic carbocycles. The molecule has 1 fully saturated rings. The summed E-state index contributed by atoms with van der Waals surface area (Å²) in [5, 5.41) is 0. The van der Waals surface area contributed by atoms with Gasteiger partial charge in [-0.25, -0.2) is 4.98 Å². The summed E-state index contributed by atoms with van der Waals surface area (Å²) < 4.78 is 4.76. The molecule has 70 valence electrons. The molecule has 0 saturated carbocycles. The number of oxazole rings is 1. The van der Waals surface area contributed by atoms with E-state index in [1.807, 2.05) is 16.7 Å². The van der Waals surface area contributed by atoms with Crippen LogP contribution in [0.2, 0.25) is 0 Å². The Balaban J connectivity index is 2.04. The van der Waals surface area contributed by atoms with Crippen molar-refractivity contribution >= 4 is 17.7 Å². The Morgan fingerprint density at radius 3 is 2.92 bits per heavy atom. The van der Waals surface area contributed by atoms with E-state index in [0.29, 0.717) is 5.69 Å². The summed E-state index contributed by atoms with van der Waals surface area (Å²) >= 11 is 1.88. The number of hydrogen-bond donors (Lipinski definition) is 0. The van der Waals surface area contributed by atoms with Gasteiger partial charge in [-0.05, 0) is 0 Å². The molecule has 2 heterocycles. The number of hydrogen-bond acceptors (Lipinski definition) is 4. The van der Waals surface area contributed by atoms with Crippen molar-refractivity contribution in [2.75, 3.05) is 24.6 Å². The van der Waals surface area contributed by atoms with Crippen molar-refractivity contribution in [3.8, 4) is 0 Å². The maximum atomic E-state index is 11.7. The largest absolute Gasteiger partial charge is 0.451 e. The van der Waals surface area contributed by atoms with Gasteiger partial charge in [0, 0.05) is 24.6 Å². The molecule has 1 saturated heterocycles. The zero-order valence-electron chi connectivity index (χ0n) is 7.10. The van der Waals surface area contributed by atoms with Crippen LogP contribution in [0.5, 0.6) is 0 Å². The van der Waals surface area contributed by atoms with Gasteiger partial charge in [0.05, 0.1) is 0 Å². The summed E-state index contributed by atoms with van der Waals surface area (Å²) in [6.45, 7) is 1.63. The Morgan fingerprint density at radius 1 is 1.54 bits per heavy atom. The highest BCUT2D eigenvalue weighted by molar-refractivity contribution is 7.99. The molecule has 0 radical (unpaired) electrons. The van der Waals surface area contributed by atoms with E-state index in [9.17, 15) is 4.79 Å². The summed E-state index contributed by atoms with van der Waals surface area (Å²) in [6.07, 6.45) is 2.68. The first-order valence-corrected chi connectivity index (χ1v) is 5.28. The predicted octanol–water partition coefficient (Wildman–Crippen LogP) is 0.864. The first-order valence-electron chi connectivity index (χ1n) is 4.13. The highest BCUT2D eigenvalue weighted by atomic mass is 32.2. The predicted molar refractivity (Wildman–Crippen MR) is 49.7 cm³/mol. The van der Waals surface area contributed by atoms with E-state index in [1.165, 1.54) is 12.7 Å². The van der Waals surface area contributed by atoms with E-state index in [2.05, 4.69) is 4.98 Å². The van der Waals surface area contributed by atoms with Crippen molar-refractivity contribution in [3.63, 3.8) is 0 Å². The standard InChI is InChI=1S/C8H10N2O2S/c11-8(7-5-12-6-9-7)10-1-3-13-4-2-10/h5-6H,1-4H2. The normalized spacial score (nSPS) is 17.4. The van der Waals surface area contributed by atoms with E-state index >= 15 is 0 Å². The number of amides is 1. The van der Waals surface area contributed by atoms with Gasteiger partial charge in [0.15, 0.2) is 12.1 Å². The molecule has 0 aromatic carbocycles. The number of aromatic nitrogens is 1. The van der Waals surface area contributed by atoms with Gasteiger partial charge in [-0.2, -0.15) is 11.8 Å².